The van der Waals surface area contributed by atoms with E-state index in [1.807, 2.05) is 13.0 Å². The molecule has 0 unspecified atom stereocenters. The zero-order chi connectivity index (χ0) is 4.83. The number of nitrogens with one attached hydrogen (secondary N) is 1. The van der Waals surface area contributed by atoms with Crippen molar-refractivity contribution < 1.29 is 0 Å². The van der Waals surface area contributed by atoms with Crippen molar-refractivity contribution in [3.8, 4) is 0 Å². The Kier molecular flexibility index (Phi) is 4.34. The molecular formula is C4H7NS. The van der Waals surface area contributed by atoms with Crippen LogP contribution in [0.2, 0.25) is 0 Å². The van der Waals surface area contributed by atoms with Crippen molar-refractivity contribution in [3.05, 3.63) is 12.3 Å². The van der Waals surface area contributed by atoms with Crippen LogP contribution in [0.25, 0.3) is 0 Å². The summed E-state index contributed by atoms with van der Waals surface area (Å²) in [5.41, 5.74) is 1.46. The summed E-state index contributed by atoms with van der Waals surface area (Å²) in [5, 5.41) is 2.71. The van der Waals surface area contributed by atoms with Crippen LogP contribution >= 0.6 is 12.2 Å². The topological polar surface area (TPSA) is 12.0 Å². The van der Waals surface area contributed by atoms with Gasteiger partial charge in [-0.3, -0.25) is 0 Å². The van der Waals surface area contributed by atoms with Crippen molar-refractivity contribution >= 4 is 17.7 Å². The molecule has 0 atom stereocenters. The van der Waals surface area contributed by atoms with Crippen LogP contribution in [0.15, 0.2) is 12.3 Å². The molecule has 0 aromatic carbocycles. The fraction of sp³-hybridized carbons (Fsp3) is 0.250. The minimum Gasteiger partial charge on any atom is -0.359 e. The molecule has 0 radical (unpaired) electrons. The predicted molar refractivity (Wildman–Crippen MR) is 31.6 cm³/mol. The van der Waals surface area contributed by atoms with Gasteiger partial charge in [-0.2, -0.15) is 0 Å². The number of hydrogen-bond acceptors (Lipinski definition) is 1. The van der Waals surface area contributed by atoms with Crippen LogP contribution in [0.5, 0.6) is 0 Å². The second-order valence-electron chi connectivity index (χ2n) is 0.785. The normalized spacial score (nSPS) is 8.83. The third kappa shape index (κ3) is 3.63. The van der Waals surface area contributed by atoms with Gasteiger partial charge in [0.1, 0.15) is 0 Å². The van der Waals surface area contributed by atoms with Gasteiger partial charge in [-0.25, -0.2) is 0 Å². The van der Waals surface area contributed by atoms with E-state index in [-0.39, 0.29) is 0 Å². The molecule has 0 fully saturated rings. The van der Waals surface area contributed by atoms with Gasteiger partial charge in [-0.05, 0) is 13.1 Å². The van der Waals surface area contributed by atoms with Crippen LogP contribution in [-0.4, -0.2) is 5.49 Å². The van der Waals surface area contributed by atoms with E-state index in [0.29, 0.717) is 0 Å². The standard InChI is InChI=1S/C4H7NS/c1-2-3-5-4-6/h2-4H,1H3,(H,5,6)/b3-2+. The average Bonchev–Trinajstić information content (AvgIpc) is 1.61. The molecule has 0 aliphatic carbocycles. The van der Waals surface area contributed by atoms with Crippen LogP contribution in [0.4, 0.5) is 0 Å². The summed E-state index contributed by atoms with van der Waals surface area (Å²) in [6.45, 7) is 1.92. The molecule has 0 bridgehead atoms. The lowest BCUT2D eigenvalue weighted by Crippen LogP contribution is -1.95. The van der Waals surface area contributed by atoms with Crippen molar-refractivity contribution in [2.75, 3.05) is 0 Å². The molecule has 1 N–H and O–H groups in total. The second-order valence-corrected chi connectivity index (χ2v) is 1.02. The third-order valence-corrected chi connectivity index (χ3v) is 0.467. The lowest BCUT2D eigenvalue weighted by atomic mass is 10.7. The van der Waals surface area contributed by atoms with Crippen LogP contribution < -0.4 is 5.32 Å². The van der Waals surface area contributed by atoms with Gasteiger partial charge in [0.15, 0.2) is 0 Å². The van der Waals surface area contributed by atoms with Crippen molar-refractivity contribution in [1.29, 1.82) is 0 Å². The van der Waals surface area contributed by atoms with Gasteiger partial charge in [0.2, 0.25) is 0 Å². The van der Waals surface area contributed by atoms with E-state index in [4.69, 9.17) is 0 Å². The van der Waals surface area contributed by atoms with E-state index in [0.717, 1.165) is 0 Å². The molecule has 0 aliphatic heterocycles. The zero-order valence-corrected chi connectivity index (χ0v) is 4.46. The van der Waals surface area contributed by atoms with Crippen molar-refractivity contribution in [2.45, 2.75) is 6.92 Å². The Morgan fingerprint density at radius 3 is 2.50 bits per heavy atom. The Labute approximate surface area is 43.1 Å². The molecule has 0 saturated heterocycles. The van der Waals surface area contributed by atoms with Crippen molar-refractivity contribution in [1.82, 2.24) is 5.32 Å². The zero-order valence-electron chi connectivity index (χ0n) is 3.64. The number of thiocarbonyl (C=S) groups is 1. The smallest absolute Gasteiger partial charge is 0.0654 e. The average molecular weight is 101 g/mol. The Morgan fingerprint density at radius 2 is 2.33 bits per heavy atom. The molecule has 6 heavy (non-hydrogen) atoms. The van der Waals surface area contributed by atoms with Crippen molar-refractivity contribution in [3.63, 3.8) is 0 Å². The fourth-order valence-corrected chi connectivity index (χ4v) is 0.214. The Bertz CT molecular complexity index is 58.6. The van der Waals surface area contributed by atoms with Crippen molar-refractivity contribution in [2.24, 2.45) is 0 Å². The van der Waals surface area contributed by atoms with Gasteiger partial charge in [0.05, 0.1) is 5.49 Å². The first kappa shape index (κ1) is 5.63. The van der Waals surface area contributed by atoms with E-state index in [2.05, 4.69) is 17.5 Å². The summed E-state index contributed by atoms with van der Waals surface area (Å²) >= 11 is 4.43. The summed E-state index contributed by atoms with van der Waals surface area (Å²) in [4.78, 5) is 0. The van der Waals surface area contributed by atoms with Gasteiger partial charge in [-0.15, -0.1) is 0 Å². The molecule has 0 amide bonds. The summed E-state index contributed by atoms with van der Waals surface area (Å²) in [6.07, 6.45) is 3.65. The van der Waals surface area contributed by atoms with Gasteiger partial charge in [0, 0.05) is 0 Å². The SMILES string of the molecule is C/C=C/NC=S. The van der Waals surface area contributed by atoms with Gasteiger partial charge in [0.25, 0.3) is 0 Å². The molecule has 1 nitrogen and oxygen atoms in total. The summed E-state index contributed by atoms with van der Waals surface area (Å²) in [6, 6.07) is 0. The highest BCUT2D eigenvalue weighted by molar-refractivity contribution is 7.78. The first-order valence-corrected chi connectivity index (χ1v) is 2.20. The monoisotopic (exact) mass is 101 g/mol. The number of hydrogen-bond donors (Lipinski definition) is 1. The Morgan fingerprint density at radius 1 is 1.67 bits per heavy atom. The maximum Gasteiger partial charge on any atom is 0.0654 e. The maximum absolute atomic E-state index is 4.43. The second kappa shape index (κ2) is 4.63. The molecule has 0 spiro atoms. The van der Waals surface area contributed by atoms with Crippen LogP contribution in [0, 0.1) is 0 Å². The highest BCUT2D eigenvalue weighted by Gasteiger charge is 1.52. The van der Waals surface area contributed by atoms with Gasteiger partial charge in [-0.1, -0.05) is 18.3 Å². The van der Waals surface area contributed by atoms with E-state index in [1.54, 1.807) is 6.20 Å². The molecule has 0 aromatic rings. The van der Waals surface area contributed by atoms with E-state index in [1.165, 1.54) is 5.49 Å². The molecule has 0 aliphatic rings. The summed E-state index contributed by atoms with van der Waals surface area (Å²) < 4.78 is 0. The van der Waals surface area contributed by atoms with Crippen LogP contribution in [0.3, 0.4) is 0 Å². The number of allylic oxidation sites excluding steroid dienone is 1. The van der Waals surface area contributed by atoms with Gasteiger partial charge >= 0.3 is 0 Å². The first-order valence-electron chi connectivity index (χ1n) is 1.72. The molecule has 34 valence electrons. The van der Waals surface area contributed by atoms with E-state index in [9.17, 15) is 0 Å². The summed E-state index contributed by atoms with van der Waals surface area (Å²) in [5.74, 6) is 0. The minimum atomic E-state index is 1.46. The molecule has 0 aromatic heterocycles. The maximum atomic E-state index is 4.43. The quantitative estimate of drug-likeness (QED) is 0.522. The predicted octanol–water partition coefficient (Wildman–Crippen LogP) is 1.07. The molecule has 2 heteroatoms. The lowest BCUT2D eigenvalue weighted by molar-refractivity contribution is 1.34. The van der Waals surface area contributed by atoms with Crippen LogP contribution in [-0.2, 0) is 0 Å². The highest BCUT2D eigenvalue weighted by atomic mass is 32.1. The van der Waals surface area contributed by atoms with Gasteiger partial charge < -0.3 is 5.32 Å². The Hall–Kier alpha value is -0.370. The van der Waals surface area contributed by atoms with Crippen LogP contribution in [0.1, 0.15) is 6.92 Å². The first-order chi connectivity index (χ1) is 2.91. The molecule has 0 saturated carbocycles. The number of rotatable bonds is 2. The largest absolute Gasteiger partial charge is 0.359 e. The molecular weight excluding hydrogens is 94.1 g/mol. The lowest BCUT2D eigenvalue weighted by Gasteiger charge is -1.77. The molecule has 0 rings (SSSR count). The minimum absolute atomic E-state index is 1.46. The van der Waals surface area contributed by atoms with E-state index < -0.39 is 0 Å². The highest BCUT2D eigenvalue weighted by Crippen LogP contribution is 1.56. The summed E-state index contributed by atoms with van der Waals surface area (Å²) in [7, 11) is 0. The van der Waals surface area contributed by atoms with E-state index >= 15 is 0 Å². The third-order valence-electron chi connectivity index (χ3n) is 0.331. The Balaban J connectivity index is 2.85. The fourth-order valence-electron chi connectivity index (χ4n) is 0.136. The molecule has 0 heterocycles.